The van der Waals surface area contributed by atoms with Crippen LogP contribution >= 0.6 is 11.3 Å². The maximum Gasteiger partial charge on any atom is 0.0547 e. The van der Waals surface area contributed by atoms with E-state index in [1.807, 2.05) is 11.3 Å². The molecule has 2 aliphatic rings. The molecular formula is C55H40N2S. The van der Waals surface area contributed by atoms with Gasteiger partial charge in [-0.2, -0.15) is 0 Å². The molecule has 0 radical (unpaired) electrons. The summed E-state index contributed by atoms with van der Waals surface area (Å²) in [5, 5.41) is 6.41. The Morgan fingerprint density at radius 2 is 1.26 bits per heavy atom. The quantitative estimate of drug-likeness (QED) is 0.170. The van der Waals surface area contributed by atoms with Gasteiger partial charge in [-0.3, -0.25) is 0 Å². The Labute approximate surface area is 342 Å². The molecule has 0 amide bonds. The molecule has 0 saturated heterocycles. The van der Waals surface area contributed by atoms with Gasteiger partial charge in [0.25, 0.3) is 0 Å². The summed E-state index contributed by atoms with van der Waals surface area (Å²) in [6, 6.07) is 63.3. The minimum atomic E-state index is -0.114. The van der Waals surface area contributed by atoms with Gasteiger partial charge in [-0.15, -0.1) is 11.3 Å². The molecule has 10 aromatic rings. The summed E-state index contributed by atoms with van der Waals surface area (Å²) in [5.74, 6) is 0. The van der Waals surface area contributed by atoms with Crippen molar-refractivity contribution in [1.29, 1.82) is 0 Å². The fourth-order valence-electron chi connectivity index (χ4n) is 10.0. The van der Waals surface area contributed by atoms with Crippen LogP contribution in [-0.2, 0) is 11.8 Å². The zero-order chi connectivity index (χ0) is 38.5. The minimum Gasteiger partial charge on any atom is -0.310 e. The third-order valence-electron chi connectivity index (χ3n) is 12.8. The summed E-state index contributed by atoms with van der Waals surface area (Å²) in [6.07, 6.45) is 6.91. The van der Waals surface area contributed by atoms with Crippen LogP contribution in [0.1, 0.15) is 41.8 Å². The molecule has 2 aromatic heterocycles. The molecule has 58 heavy (non-hydrogen) atoms. The van der Waals surface area contributed by atoms with E-state index in [9.17, 15) is 0 Å². The smallest absolute Gasteiger partial charge is 0.0547 e. The Morgan fingerprint density at radius 1 is 0.552 bits per heavy atom. The van der Waals surface area contributed by atoms with Crippen LogP contribution in [0, 0.1) is 0 Å². The Morgan fingerprint density at radius 3 is 2.16 bits per heavy atom. The molecule has 8 aromatic carbocycles. The van der Waals surface area contributed by atoms with E-state index in [-0.39, 0.29) is 5.41 Å². The minimum absolute atomic E-state index is 0.114. The second-order valence-corrected chi connectivity index (χ2v) is 17.5. The van der Waals surface area contributed by atoms with Crippen molar-refractivity contribution in [2.24, 2.45) is 0 Å². The second kappa shape index (κ2) is 12.7. The lowest BCUT2D eigenvalue weighted by molar-refractivity contribution is 0.660. The van der Waals surface area contributed by atoms with Crippen LogP contribution in [0.15, 0.2) is 176 Å². The molecule has 0 aliphatic heterocycles. The number of thiophene rings is 1. The first-order valence-electron chi connectivity index (χ1n) is 20.4. The van der Waals surface area contributed by atoms with E-state index >= 15 is 0 Å². The summed E-state index contributed by atoms with van der Waals surface area (Å²) in [7, 11) is 0. The van der Waals surface area contributed by atoms with Crippen LogP contribution in [0.5, 0.6) is 0 Å². The Hall–Kier alpha value is -6.68. The van der Waals surface area contributed by atoms with Crippen LogP contribution in [0.4, 0.5) is 17.1 Å². The predicted octanol–water partition coefficient (Wildman–Crippen LogP) is 15.6. The highest BCUT2D eigenvalue weighted by Crippen LogP contribution is 2.51. The van der Waals surface area contributed by atoms with Crippen LogP contribution < -0.4 is 4.90 Å². The van der Waals surface area contributed by atoms with Gasteiger partial charge < -0.3 is 9.47 Å². The van der Waals surface area contributed by atoms with Gasteiger partial charge in [0.05, 0.1) is 11.0 Å². The lowest BCUT2D eigenvalue weighted by Gasteiger charge is -2.28. The van der Waals surface area contributed by atoms with Crippen molar-refractivity contribution in [3.63, 3.8) is 0 Å². The van der Waals surface area contributed by atoms with E-state index < -0.39 is 0 Å². The number of aromatic nitrogens is 1. The molecule has 0 N–H and O–H groups in total. The molecule has 0 unspecified atom stereocenters. The number of hydrogen-bond donors (Lipinski definition) is 0. The monoisotopic (exact) mass is 760 g/mol. The van der Waals surface area contributed by atoms with Crippen LogP contribution in [0.3, 0.4) is 0 Å². The molecule has 0 bridgehead atoms. The first kappa shape index (κ1) is 33.5. The molecule has 0 fully saturated rings. The van der Waals surface area contributed by atoms with Crippen molar-refractivity contribution in [3.05, 3.63) is 198 Å². The zero-order valence-electron chi connectivity index (χ0n) is 32.5. The third-order valence-corrected chi connectivity index (χ3v) is 14.1. The molecule has 2 aliphatic carbocycles. The first-order valence-corrected chi connectivity index (χ1v) is 21.2. The Bertz CT molecular complexity index is 3310. The average Bonchev–Trinajstić information content (AvgIpc) is 3.90. The molecule has 2 heterocycles. The molecule has 2 nitrogen and oxygen atoms in total. The highest BCUT2D eigenvalue weighted by atomic mass is 32.1. The van der Waals surface area contributed by atoms with Gasteiger partial charge in [-0.05, 0) is 123 Å². The maximum absolute atomic E-state index is 2.47. The summed E-state index contributed by atoms with van der Waals surface area (Å²) in [5.41, 5.74) is 16.3. The van der Waals surface area contributed by atoms with E-state index in [1.165, 1.54) is 86.5 Å². The Kier molecular flexibility index (Phi) is 7.30. The van der Waals surface area contributed by atoms with Crippen LogP contribution in [0.25, 0.3) is 76.7 Å². The van der Waals surface area contributed by atoms with Gasteiger partial charge in [-0.1, -0.05) is 135 Å². The number of benzene rings is 8. The summed E-state index contributed by atoms with van der Waals surface area (Å²) in [4.78, 5) is 3.97. The lowest BCUT2D eigenvalue weighted by Crippen LogP contribution is -2.16. The van der Waals surface area contributed by atoms with Gasteiger partial charge >= 0.3 is 0 Å². The molecule has 0 saturated carbocycles. The number of rotatable bonds is 5. The van der Waals surface area contributed by atoms with Gasteiger partial charge in [0, 0.05) is 53.9 Å². The van der Waals surface area contributed by atoms with Gasteiger partial charge in [0.1, 0.15) is 0 Å². The van der Waals surface area contributed by atoms with Gasteiger partial charge in [0.15, 0.2) is 0 Å². The largest absolute Gasteiger partial charge is 0.310 e. The highest BCUT2D eigenvalue weighted by molar-refractivity contribution is 7.20. The van der Waals surface area contributed by atoms with E-state index in [1.54, 1.807) is 0 Å². The normalized spacial score (nSPS) is 14.0. The molecule has 0 spiro atoms. The number of para-hydroxylation sites is 1. The second-order valence-electron chi connectivity index (χ2n) is 16.4. The van der Waals surface area contributed by atoms with Crippen molar-refractivity contribution in [1.82, 2.24) is 4.57 Å². The van der Waals surface area contributed by atoms with E-state index in [4.69, 9.17) is 0 Å². The first-order chi connectivity index (χ1) is 28.5. The molecule has 0 atom stereocenters. The predicted molar refractivity (Wildman–Crippen MR) is 249 cm³/mol. The number of allylic oxidation sites excluding steroid dienone is 1. The van der Waals surface area contributed by atoms with E-state index in [2.05, 4.69) is 205 Å². The number of aryl methyl sites for hydroxylation is 1. The third kappa shape index (κ3) is 4.90. The Balaban J connectivity index is 1.07. The van der Waals surface area contributed by atoms with Crippen molar-refractivity contribution >= 4 is 77.1 Å². The average molecular weight is 761 g/mol. The van der Waals surface area contributed by atoms with Gasteiger partial charge in [0.2, 0.25) is 0 Å². The van der Waals surface area contributed by atoms with E-state index in [0.29, 0.717) is 0 Å². The van der Waals surface area contributed by atoms with Crippen molar-refractivity contribution in [2.75, 3.05) is 4.90 Å². The fraction of sp³-hybridized carbons (Fsp3) is 0.0909. The highest BCUT2D eigenvalue weighted by Gasteiger charge is 2.36. The standard InChI is InChI=1S/C55H40N2S/c1-55(2)48-21-10-8-17-43(48)44-30-28-40(34-49(44)55)56(38-26-23-36(24-27-38)42-19-12-20-46-45-18-9-11-22-52(45)58-54(42)46)39-29-32-50-47(33-39)53-41-16-7-6-13-35(41)25-31-51(53)57(50)37-14-4-3-5-15-37/h3-10,12-21,23-34H,11,22H2,1-2H3. The SMILES string of the molecule is CC1(C)c2ccccc2-c2ccc(N(c3ccc(-c4cccc5c6c(sc45)CCC=C6)cc3)c3ccc4c(c3)c3c5ccccc5ccc3n4-c3ccccc3)cc21. The number of fused-ring (bicyclic) bond motifs is 11. The number of nitrogens with zero attached hydrogens (tertiary/aromatic N) is 2. The van der Waals surface area contributed by atoms with Crippen LogP contribution in [0.2, 0.25) is 0 Å². The summed E-state index contributed by atoms with van der Waals surface area (Å²) in [6.45, 7) is 4.74. The van der Waals surface area contributed by atoms with Crippen LogP contribution in [-0.4, -0.2) is 4.57 Å². The van der Waals surface area contributed by atoms with Crippen molar-refractivity contribution in [2.45, 2.75) is 32.1 Å². The van der Waals surface area contributed by atoms with Crippen molar-refractivity contribution < 1.29 is 0 Å². The van der Waals surface area contributed by atoms with Crippen molar-refractivity contribution in [3.8, 4) is 27.9 Å². The summed E-state index contributed by atoms with van der Waals surface area (Å²) < 4.78 is 3.81. The molecule has 3 heteroatoms. The summed E-state index contributed by atoms with van der Waals surface area (Å²) >= 11 is 1.97. The number of hydrogen-bond acceptors (Lipinski definition) is 2. The lowest BCUT2D eigenvalue weighted by atomic mass is 9.82. The van der Waals surface area contributed by atoms with E-state index in [0.717, 1.165) is 35.6 Å². The topological polar surface area (TPSA) is 8.17 Å². The molecular weight excluding hydrogens is 721 g/mol. The van der Waals surface area contributed by atoms with Gasteiger partial charge in [-0.25, -0.2) is 0 Å². The fourth-order valence-corrected chi connectivity index (χ4v) is 11.4. The molecule has 276 valence electrons. The molecule has 12 rings (SSSR count). The maximum atomic E-state index is 2.47. The zero-order valence-corrected chi connectivity index (χ0v) is 33.4. The number of anilines is 3.